The van der Waals surface area contributed by atoms with E-state index >= 15 is 0 Å². The lowest BCUT2D eigenvalue weighted by molar-refractivity contribution is -0.384. The molecule has 0 spiro atoms. The van der Waals surface area contributed by atoms with Crippen molar-refractivity contribution in [2.24, 2.45) is 0 Å². The van der Waals surface area contributed by atoms with Crippen LogP contribution < -0.4 is 10.6 Å². The Balaban J connectivity index is 2.18. The fourth-order valence-corrected chi connectivity index (χ4v) is 1.94. The highest BCUT2D eigenvalue weighted by atomic mass is 16.6. The lowest BCUT2D eigenvalue weighted by atomic mass is 10.2. The Hall–Kier alpha value is -4.26. The van der Waals surface area contributed by atoms with E-state index in [1.807, 2.05) is 0 Å². The van der Waals surface area contributed by atoms with Crippen LogP contribution in [0.3, 0.4) is 0 Å². The Morgan fingerprint density at radius 1 is 1.08 bits per heavy atom. The number of nitrogens with zero attached hydrogens (tertiary/aromatic N) is 3. The van der Waals surface area contributed by atoms with Crippen LogP contribution in [0.25, 0.3) is 0 Å². The summed E-state index contributed by atoms with van der Waals surface area (Å²) < 4.78 is 0. The molecular formula is C16H11N5O5. The Kier molecular flexibility index (Phi) is 5.58. The number of rotatable bonds is 6. The van der Waals surface area contributed by atoms with Crippen LogP contribution in [0.1, 0.15) is 0 Å². The molecule has 0 aliphatic carbocycles. The normalized spacial score (nSPS) is 10.5. The van der Waals surface area contributed by atoms with E-state index in [-0.39, 0.29) is 22.6 Å². The van der Waals surface area contributed by atoms with E-state index in [9.17, 15) is 25.0 Å². The van der Waals surface area contributed by atoms with Crippen molar-refractivity contribution in [1.82, 2.24) is 0 Å². The number of nitrogens with one attached hydrogen (secondary N) is 2. The van der Waals surface area contributed by atoms with Gasteiger partial charge in [-0.15, -0.1) is 0 Å². The molecule has 130 valence electrons. The molecule has 1 amide bonds. The van der Waals surface area contributed by atoms with Gasteiger partial charge in [0.2, 0.25) is 0 Å². The van der Waals surface area contributed by atoms with Crippen molar-refractivity contribution in [2.45, 2.75) is 0 Å². The van der Waals surface area contributed by atoms with Gasteiger partial charge < -0.3 is 10.6 Å². The molecule has 0 aliphatic heterocycles. The molecule has 0 radical (unpaired) electrons. The van der Waals surface area contributed by atoms with Crippen LogP contribution in [-0.2, 0) is 4.79 Å². The number of para-hydroxylation sites is 2. The summed E-state index contributed by atoms with van der Waals surface area (Å²) in [5.74, 6) is -0.861. The molecule has 2 aromatic carbocycles. The predicted molar refractivity (Wildman–Crippen MR) is 92.1 cm³/mol. The molecule has 0 saturated carbocycles. The number of anilines is 2. The summed E-state index contributed by atoms with van der Waals surface area (Å²) in [4.78, 5) is 32.6. The van der Waals surface area contributed by atoms with Crippen molar-refractivity contribution in [3.63, 3.8) is 0 Å². The first-order valence-electron chi connectivity index (χ1n) is 7.08. The number of hydrogen-bond donors (Lipinski definition) is 2. The fourth-order valence-electron chi connectivity index (χ4n) is 1.94. The molecule has 2 N–H and O–H groups in total. The molecule has 0 bridgehead atoms. The van der Waals surface area contributed by atoms with E-state index in [0.717, 1.165) is 6.20 Å². The van der Waals surface area contributed by atoms with Crippen molar-refractivity contribution in [3.8, 4) is 6.07 Å². The van der Waals surface area contributed by atoms with Crippen molar-refractivity contribution in [2.75, 3.05) is 10.6 Å². The second kappa shape index (κ2) is 8.02. The predicted octanol–water partition coefficient (Wildman–Crippen LogP) is 2.96. The number of non-ortho nitro benzene ring substituents is 1. The monoisotopic (exact) mass is 353 g/mol. The van der Waals surface area contributed by atoms with Crippen LogP contribution in [0.2, 0.25) is 0 Å². The average molecular weight is 353 g/mol. The molecule has 0 aliphatic rings. The van der Waals surface area contributed by atoms with Crippen LogP contribution in [0, 0.1) is 31.6 Å². The van der Waals surface area contributed by atoms with E-state index in [1.165, 1.54) is 48.5 Å². The van der Waals surface area contributed by atoms with Crippen LogP contribution in [0.15, 0.2) is 60.3 Å². The van der Waals surface area contributed by atoms with Gasteiger partial charge >= 0.3 is 0 Å². The highest BCUT2D eigenvalue weighted by Crippen LogP contribution is 2.23. The van der Waals surface area contributed by atoms with E-state index in [4.69, 9.17) is 5.26 Å². The largest absolute Gasteiger partial charge is 0.360 e. The summed E-state index contributed by atoms with van der Waals surface area (Å²) >= 11 is 0. The first-order valence-corrected chi connectivity index (χ1v) is 7.08. The lowest BCUT2D eigenvalue weighted by Gasteiger charge is -2.06. The molecular weight excluding hydrogens is 342 g/mol. The van der Waals surface area contributed by atoms with Gasteiger partial charge in [0.25, 0.3) is 17.3 Å². The lowest BCUT2D eigenvalue weighted by Crippen LogP contribution is -2.15. The first-order chi connectivity index (χ1) is 12.4. The van der Waals surface area contributed by atoms with Gasteiger partial charge in [0.15, 0.2) is 0 Å². The van der Waals surface area contributed by atoms with E-state index in [2.05, 4.69) is 10.6 Å². The number of nitriles is 1. The topological polar surface area (TPSA) is 151 Å². The van der Waals surface area contributed by atoms with Crippen molar-refractivity contribution in [1.29, 1.82) is 5.26 Å². The minimum Gasteiger partial charge on any atom is -0.360 e. The van der Waals surface area contributed by atoms with Gasteiger partial charge in [0.1, 0.15) is 17.3 Å². The molecule has 26 heavy (non-hydrogen) atoms. The maximum absolute atomic E-state index is 12.1. The third-order valence-corrected chi connectivity index (χ3v) is 3.15. The van der Waals surface area contributed by atoms with Crippen LogP contribution in [0.5, 0.6) is 0 Å². The smallest absolute Gasteiger partial charge is 0.292 e. The first kappa shape index (κ1) is 18.1. The fraction of sp³-hybridized carbons (Fsp3) is 0. The Morgan fingerprint density at radius 3 is 2.46 bits per heavy atom. The summed E-state index contributed by atoms with van der Waals surface area (Å²) in [5.41, 5.74) is -0.602. The molecule has 0 aromatic heterocycles. The second-order valence-corrected chi connectivity index (χ2v) is 4.85. The van der Waals surface area contributed by atoms with Gasteiger partial charge in [-0.3, -0.25) is 25.0 Å². The van der Waals surface area contributed by atoms with Gasteiger partial charge in [0, 0.05) is 30.1 Å². The summed E-state index contributed by atoms with van der Waals surface area (Å²) in [6, 6.07) is 12.6. The number of nitro groups is 2. The summed E-state index contributed by atoms with van der Waals surface area (Å²) in [6.45, 7) is 0. The van der Waals surface area contributed by atoms with Crippen molar-refractivity contribution >= 4 is 28.7 Å². The van der Waals surface area contributed by atoms with Crippen LogP contribution in [0.4, 0.5) is 22.7 Å². The number of amides is 1. The minimum absolute atomic E-state index is 0.0565. The molecule has 0 atom stereocenters. The number of benzene rings is 2. The summed E-state index contributed by atoms with van der Waals surface area (Å²) in [7, 11) is 0. The highest BCUT2D eigenvalue weighted by Gasteiger charge is 2.17. The number of carbonyl (C=O) groups excluding carboxylic acids is 1. The van der Waals surface area contributed by atoms with Gasteiger partial charge in [-0.2, -0.15) is 5.26 Å². The number of nitro benzene ring substituents is 2. The van der Waals surface area contributed by atoms with Crippen molar-refractivity contribution in [3.05, 3.63) is 80.5 Å². The zero-order chi connectivity index (χ0) is 19.1. The number of carbonyl (C=O) groups is 1. The van der Waals surface area contributed by atoms with Gasteiger partial charge in [-0.25, -0.2) is 0 Å². The highest BCUT2D eigenvalue weighted by molar-refractivity contribution is 6.07. The Bertz CT molecular complexity index is 948. The standard InChI is InChI=1S/C16H11N5O5/c17-9-11(10-18-12-4-3-5-13(8-12)20(23)24)16(22)19-14-6-1-2-7-15(14)21(25)26/h1-8,10,18H,(H,19,22)/b11-10-. The third kappa shape index (κ3) is 4.39. The third-order valence-electron chi connectivity index (χ3n) is 3.15. The molecule has 10 heteroatoms. The molecule has 2 rings (SSSR count). The van der Waals surface area contributed by atoms with Crippen molar-refractivity contribution < 1.29 is 14.6 Å². The Morgan fingerprint density at radius 2 is 1.81 bits per heavy atom. The van der Waals surface area contributed by atoms with Gasteiger partial charge in [-0.05, 0) is 12.1 Å². The molecule has 0 saturated heterocycles. The molecule has 0 fully saturated rings. The van der Waals surface area contributed by atoms with E-state index < -0.39 is 15.8 Å². The van der Waals surface area contributed by atoms with Crippen LogP contribution in [-0.4, -0.2) is 15.8 Å². The second-order valence-electron chi connectivity index (χ2n) is 4.85. The maximum atomic E-state index is 12.1. The van der Waals surface area contributed by atoms with Gasteiger partial charge in [-0.1, -0.05) is 18.2 Å². The summed E-state index contributed by atoms with van der Waals surface area (Å²) in [5, 5.41) is 35.7. The number of hydrogen-bond acceptors (Lipinski definition) is 7. The van der Waals surface area contributed by atoms with Gasteiger partial charge in [0.05, 0.1) is 9.85 Å². The van der Waals surface area contributed by atoms with E-state index in [1.54, 1.807) is 6.07 Å². The zero-order valence-corrected chi connectivity index (χ0v) is 13.1. The van der Waals surface area contributed by atoms with E-state index in [0.29, 0.717) is 5.69 Å². The average Bonchev–Trinajstić information content (AvgIpc) is 2.62. The van der Waals surface area contributed by atoms with Crippen LogP contribution >= 0.6 is 0 Å². The molecule has 10 nitrogen and oxygen atoms in total. The molecule has 0 unspecified atom stereocenters. The Labute approximate surface area is 146 Å². The molecule has 0 heterocycles. The SMILES string of the molecule is N#C/C(=C/Nc1cccc([N+](=O)[O-])c1)C(=O)Nc1ccccc1[N+](=O)[O-]. The zero-order valence-electron chi connectivity index (χ0n) is 13.1. The minimum atomic E-state index is -0.861. The summed E-state index contributed by atoms with van der Waals surface area (Å²) in [6.07, 6.45) is 1.06. The molecule has 2 aromatic rings. The maximum Gasteiger partial charge on any atom is 0.292 e. The quantitative estimate of drug-likeness (QED) is 0.350.